The molecule has 3 heteroatoms. The van der Waals surface area contributed by atoms with Crippen LogP contribution in [0.1, 0.15) is 12.8 Å². The van der Waals surface area contributed by atoms with Crippen molar-refractivity contribution >= 4 is 22.7 Å². The minimum absolute atomic E-state index is 1.08. The Kier molecular flexibility index (Phi) is 1.98. The van der Waals surface area contributed by atoms with Gasteiger partial charge in [-0.15, -0.1) is 11.8 Å². The van der Waals surface area contributed by atoms with E-state index in [1.807, 2.05) is 11.8 Å². The molecule has 0 atom stereocenters. The third kappa shape index (κ3) is 1.23. The van der Waals surface area contributed by atoms with E-state index in [0.29, 0.717) is 0 Å². The Morgan fingerprint density at radius 1 is 1.21 bits per heavy atom. The largest absolute Gasteiger partial charge is 0.258 e. The molecular formula is C11H12N2S. The van der Waals surface area contributed by atoms with Crippen molar-refractivity contribution in [1.82, 2.24) is 9.78 Å². The molecule has 72 valence electrons. The molecule has 0 saturated heterocycles. The van der Waals surface area contributed by atoms with Gasteiger partial charge in [0.25, 0.3) is 0 Å². The first-order chi connectivity index (χ1) is 6.95. The number of hydrogen-bond acceptors (Lipinski definition) is 2. The lowest BCUT2D eigenvalue weighted by molar-refractivity contribution is 0.551. The number of hydrogen-bond donors (Lipinski definition) is 0. The molecular weight excluding hydrogens is 192 g/mol. The van der Waals surface area contributed by atoms with E-state index in [4.69, 9.17) is 0 Å². The van der Waals surface area contributed by atoms with Gasteiger partial charge in [0.1, 0.15) is 5.03 Å². The van der Waals surface area contributed by atoms with Crippen molar-refractivity contribution in [2.45, 2.75) is 24.4 Å². The summed E-state index contributed by atoms with van der Waals surface area (Å²) >= 11 is 1.95. The van der Waals surface area contributed by atoms with Crippen LogP contribution < -0.4 is 0 Å². The van der Waals surface area contributed by atoms with Crippen molar-refractivity contribution in [2.75, 3.05) is 5.75 Å². The Balaban J connectivity index is 2.24. The summed E-state index contributed by atoms with van der Waals surface area (Å²) < 4.78 is 2.17. The second-order valence-electron chi connectivity index (χ2n) is 3.60. The van der Waals surface area contributed by atoms with Crippen molar-refractivity contribution in [3.8, 4) is 0 Å². The van der Waals surface area contributed by atoms with Gasteiger partial charge in [-0.1, -0.05) is 18.2 Å². The van der Waals surface area contributed by atoms with Gasteiger partial charge in [-0.2, -0.15) is 5.10 Å². The zero-order valence-electron chi connectivity index (χ0n) is 7.94. The first kappa shape index (κ1) is 8.36. The Morgan fingerprint density at radius 2 is 2.14 bits per heavy atom. The van der Waals surface area contributed by atoms with Gasteiger partial charge < -0.3 is 0 Å². The average Bonchev–Trinajstić information content (AvgIpc) is 2.42. The molecule has 0 bridgehead atoms. The van der Waals surface area contributed by atoms with Gasteiger partial charge in [-0.05, 0) is 24.7 Å². The standard InChI is InChI=1S/C11H12N2S/c1-2-6-10-9(5-1)11-13(12-10)7-3-4-8-14-11/h1-2,5-6H,3-4,7-8H2. The van der Waals surface area contributed by atoms with Crippen molar-refractivity contribution in [3.63, 3.8) is 0 Å². The van der Waals surface area contributed by atoms with Crippen LogP contribution in [-0.4, -0.2) is 15.5 Å². The number of rotatable bonds is 0. The molecule has 1 aromatic carbocycles. The Morgan fingerprint density at radius 3 is 3.14 bits per heavy atom. The summed E-state index contributed by atoms with van der Waals surface area (Å²) in [5.74, 6) is 1.23. The van der Waals surface area contributed by atoms with Gasteiger partial charge in [-0.3, -0.25) is 4.68 Å². The zero-order chi connectivity index (χ0) is 9.38. The third-order valence-corrected chi connectivity index (χ3v) is 3.80. The molecule has 0 fully saturated rings. The number of nitrogens with zero attached hydrogens (tertiary/aromatic N) is 2. The maximum atomic E-state index is 4.61. The molecule has 0 N–H and O–H groups in total. The minimum Gasteiger partial charge on any atom is -0.258 e. The van der Waals surface area contributed by atoms with Crippen LogP contribution in [0.15, 0.2) is 29.3 Å². The van der Waals surface area contributed by atoms with Gasteiger partial charge in [0.05, 0.1) is 5.52 Å². The highest BCUT2D eigenvalue weighted by Crippen LogP contribution is 2.30. The fraction of sp³-hybridized carbons (Fsp3) is 0.364. The predicted octanol–water partition coefficient (Wildman–Crippen LogP) is 2.92. The van der Waals surface area contributed by atoms with Gasteiger partial charge >= 0.3 is 0 Å². The zero-order valence-corrected chi connectivity index (χ0v) is 8.76. The maximum absolute atomic E-state index is 4.61. The molecule has 0 spiro atoms. The number of aryl methyl sites for hydroxylation is 1. The second-order valence-corrected chi connectivity index (χ2v) is 4.68. The fourth-order valence-electron chi connectivity index (χ4n) is 1.89. The van der Waals surface area contributed by atoms with E-state index < -0.39 is 0 Å². The van der Waals surface area contributed by atoms with E-state index in [1.54, 1.807) is 0 Å². The fourth-order valence-corrected chi connectivity index (χ4v) is 3.04. The molecule has 1 aliphatic rings. The summed E-state index contributed by atoms with van der Waals surface area (Å²) in [5, 5.41) is 7.29. The number of thioether (sulfide) groups is 1. The van der Waals surface area contributed by atoms with Crippen LogP contribution in [0, 0.1) is 0 Å². The van der Waals surface area contributed by atoms with Crippen LogP contribution in [0.5, 0.6) is 0 Å². The highest BCUT2D eigenvalue weighted by Gasteiger charge is 2.13. The van der Waals surface area contributed by atoms with E-state index >= 15 is 0 Å². The molecule has 2 nitrogen and oxygen atoms in total. The highest BCUT2D eigenvalue weighted by atomic mass is 32.2. The average molecular weight is 204 g/mol. The third-order valence-electron chi connectivity index (χ3n) is 2.60. The number of benzene rings is 1. The molecule has 3 rings (SSSR count). The quantitative estimate of drug-likeness (QED) is 0.656. The predicted molar refractivity (Wildman–Crippen MR) is 59.7 cm³/mol. The van der Waals surface area contributed by atoms with Crippen LogP contribution in [-0.2, 0) is 6.54 Å². The summed E-state index contributed by atoms with van der Waals surface area (Å²) in [4.78, 5) is 0. The van der Waals surface area contributed by atoms with Crippen LogP contribution in [0.3, 0.4) is 0 Å². The van der Waals surface area contributed by atoms with Crippen LogP contribution in [0.4, 0.5) is 0 Å². The van der Waals surface area contributed by atoms with E-state index in [9.17, 15) is 0 Å². The lowest BCUT2D eigenvalue weighted by atomic mass is 10.3. The Labute approximate surface area is 87.3 Å². The van der Waals surface area contributed by atoms with E-state index in [0.717, 1.165) is 12.1 Å². The van der Waals surface area contributed by atoms with E-state index in [1.165, 1.54) is 29.0 Å². The smallest absolute Gasteiger partial charge is 0.102 e. The molecule has 1 aliphatic heterocycles. The Bertz CT molecular complexity index is 461. The van der Waals surface area contributed by atoms with Crippen molar-refractivity contribution in [1.29, 1.82) is 0 Å². The second kappa shape index (κ2) is 3.31. The van der Waals surface area contributed by atoms with Crippen molar-refractivity contribution in [2.24, 2.45) is 0 Å². The van der Waals surface area contributed by atoms with Crippen LogP contribution in [0.25, 0.3) is 10.9 Å². The van der Waals surface area contributed by atoms with Crippen LogP contribution in [0.2, 0.25) is 0 Å². The molecule has 2 aromatic rings. The molecule has 0 radical (unpaired) electrons. The lowest BCUT2D eigenvalue weighted by Crippen LogP contribution is -1.98. The van der Waals surface area contributed by atoms with Crippen molar-refractivity contribution in [3.05, 3.63) is 24.3 Å². The van der Waals surface area contributed by atoms with Gasteiger partial charge in [0, 0.05) is 11.9 Å². The monoisotopic (exact) mass is 204 g/mol. The Hall–Kier alpha value is -0.960. The normalized spacial score (nSPS) is 16.6. The van der Waals surface area contributed by atoms with Crippen LogP contribution >= 0.6 is 11.8 Å². The van der Waals surface area contributed by atoms with E-state index in [-0.39, 0.29) is 0 Å². The molecule has 2 heterocycles. The first-order valence-corrected chi connectivity index (χ1v) is 6.02. The van der Waals surface area contributed by atoms with E-state index in [2.05, 4.69) is 34.0 Å². The summed E-state index contributed by atoms with van der Waals surface area (Å²) in [6.45, 7) is 1.08. The first-order valence-electron chi connectivity index (χ1n) is 5.03. The number of fused-ring (bicyclic) bond motifs is 3. The summed E-state index contributed by atoms with van der Waals surface area (Å²) in [6.07, 6.45) is 2.57. The topological polar surface area (TPSA) is 17.8 Å². The molecule has 0 saturated carbocycles. The molecule has 1 aromatic heterocycles. The van der Waals surface area contributed by atoms with Gasteiger partial charge in [0.2, 0.25) is 0 Å². The van der Waals surface area contributed by atoms with Gasteiger partial charge in [0.15, 0.2) is 0 Å². The maximum Gasteiger partial charge on any atom is 0.102 e. The summed E-state index contributed by atoms with van der Waals surface area (Å²) in [7, 11) is 0. The molecule has 0 unspecified atom stereocenters. The van der Waals surface area contributed by atoms with Gasteiger partial charge in [-0.25, -0.2) is 0 Å². The van der Waals surface area contributed by atoms with Crippen molar-refractivity contribution < 1.29 is 0 Å². The lowest BCUT2D eigenvalue weighted by Gasteiger charge is -1.99. The molecule has 14 heavy (non-hydrogen) atoms. The minimum atomic E-state index is 1.08. The summed E-state index contributed by atoms with van der Waals surface area (Å²) in [6, 6.07) is 8.42. The summed E-state index contributed by atoms with van der Waals surface area (Å²) in [5.41, 5.74) is 1.14. The SMILES string of the molecule is c1ccc2c3n(nc2c1)CCCCS3. The molecule has 0 amide bonds. The molecule has 0 aliphatic carbocycles. The highest BCUT2D eigenvalue weighted by molar-refractivity contribution is 7.99. The number of aromatic nitrogens is 2.